The Balaban J connectivity index is 2.23. The maximum Gasteiger partial charge on any atom is 0.337 e. The molecular weight excluding hydrogens is 300 g/mol. The summed E-state index contributed by atoms with van der Waals surface area (Å²) in [5.41, 5.74) is 1.04. The normalized spacial score (nSPS) is 12.0. The first-order chi connectivity index (χ1) is 9.88. The molecule has 1 unspecified atom stereocenters. The van der Waals surface area contributed by atoms with Crippen LogP contribution < -0.4 is 5.32 Å². The number of nitrogens with one attached hydrogen (secondary N) is 1. The molecule has 0 aliphatic carbocycles. The monoisotopic (exact) mass is 311 g/mol. The molecule has 21 heavy (non-hydrogen) atoms. The lowest BCUT2D eigenvalue weighted by Crippen LogP contribution is -2.08. The van der Waals surface area contributed by atoms with Crippen LogP contribution in [0.25, 0.3) is 0 Å². The highest BCUT2D eigenvalue weighted by Gasteiger charge is 2.12. The van der Waals surface area contributed by atoms with Crippen molar-refractivity contribution in [2.45, 2.75) is 13.0 Å². The Bertz CT molecular complexity index is 691. The Morgan fingerprint density at radius 3 is 2.52 bits per heavy atom. The van der Waals surface area contributed by atoms with Crippen LogP contribution in [-0.4, -0.2) is 11.1 Å². The van der Waals surface area contributed by atoms with Gasteiger partial charge in [0.1, 0.15) is 0 Å². The molecule has 2 aromatic rings. The number of hydrogen-bond donors (Lipinski definition) is 2. The molecule has 1 atom stereocenters. The van der Waals surface area contributed by atoms with Crippen molar-refractivity contribution in [3.05, 3.63) is 64.2 Å². The third kappa shape index (κ3) is 3.49. The van der Waals surface area contributed by atoms with Crippen LogP contribution in [0.15, 0.2) is 36.4 Å². The molecular formula is C15H12ClF2NO2. The average Bonchev–Trinajstić information content (AvgIpc) is 2.43. The summed E-state index contributed by atoms with van der Waals surface area (Å²) in [7, 11) is 0. The van der Waals surface area contributed by atoms with Gasteiger partial charge in [0.2, 0.25) is 0 Å². The fraction of sp³-hybridized carbons (Fsp3) is 0.133. The first-order valence-corrected chi connectivity index (χ1v) is 6.50. The SMILES string of the molecule is CC(Nc1ccc(Cl)c(C(=O)O)c1)c1ccc(F)c(F)c1. The molecule has 0 aliphatic heterocycles. The predicted molar refractivity (Wildman–Crippen MR) is 76.8 cm³/mol. The highest BCUT2D eigenvalue weighted by atomic mass is 35.5. The molecule has 0 aromatic heterocycles. The van der Waals surface area contributed by atoms with Gasteiger partial charge in [0, 0.05) is 11.7 Å². The summed E-state index contributed by atoms with van der Waals surface area (Å²) in [5, 5.41) is 12.2. The van der Waals surface area contributed by atoms with Crippen LogP contribution in [0.3, 0.4) is 0 Å². The van der Waals surface area contributed by atoms with Crippen LogP contribution in [0.4, 0.5) is 14.5 Å². The summed E-state index contributed by atoms with van der Waals surface area (Å²) < 4.78 is 26.1. The van der Waals surface area contributed by atoms with Crippen LogP contribution in [-0.2, 0) is 0 Å². The number of rotatable bonds is 4. The van der Waals surface area contributed by atoms with E-state index in [-0.39, 0.29) is 16.6 Å². The molecule has 0 fully saturated rings. The summed E-state index contributed by atoms with van der Waals surface area (Å²) in [6.07, 6.45) is 0. The number of carboxylic acids is 1. The average molecular weight is 312 g/mol. The summed E-state index contributed by atoms with van der Waals surface area (Å²) in [6, 6.07) is 7.75. The molecule has 6 heteroatoms. The van der Waals surface area contributed by atoms with Gasteiger partial charge in [-0.2, -0.15) is 0 Å². The van der Waals surface area contributed by atoms with Crippen molar-refractivity contribution in [2.24, 2.45) is 0 Å². The second-order valence-electron chi connectivity index (χ2n) is 4.54. The Labute approximate surface area is 125 Å². The van der Waals surface area contributed by atoms with Crippen molar-refractivity contribution >= 4 is 23.3 Å². The molecule has 0 saturated heterocycles. The van der Waals surface area contributed by atoms with Crippen LogP contribution in [0.5, 0.6) is 0 Å². The van der Waals surface area contributed by atoms with Crippen molar-refractivity contribution in [1.82, 2.24) is 0 Å². The second kappa shape index (κ2) is 6.10. The zero-order valence-electron chi connectivity index (χ0n) is 11.0. The number of carboxylic acid groups (broad SMARTS) is 1. The Hall–Kier alpha value is -2.14. The van der Waals surface area contributed by atoms with E-state index in [4.69, 9.17) is 16.7 Å². The van der Waals surface area contributed by atoms with Gasteiger partial charge in [0.05, 0.1) is 10.6 Å². The van der Waals surface area contributed by atoms with Crippen LogP contribution in [0.1, 0.15) is 28.9 Å². The van der Waals surface area contributed by atoms with Gasteiger partial charge in [-0.3, -0.25) is 0 Å². The Kier molecular flexibility index (Phi) is 4.43. The molecule has 0 saturated carbocycles. The molecule has 0 heterocycles. The highest BCUT2D eigenvalue weighted by molar-refractivity contribution is 6.33. The van der Waals surface area contributed by atoms with E-state index in [0.29, 0.717) is 11.3 Å². The second-order valence-corrected chi connectivity index (χ2v) is 4.95. The molecule has 3 nitrogen and oxygen atoms in total. The largest absolute Gasteiger partial charge is 0.478 e. The quantitative estimate of drug-likeness (QED) is 0.874. The van der Waals surface area contributed by atoms with Crippen LogP contribution in [0.2, 0.25) is 5.02 Å². The van der Waals surface area contributed by atoms with Gasteiger partial charge in [-0.05, 0) is 42.8 Å². The van der Waals surface area contributed by atoms with Crippen LogP contribution >= 0.6 is 11.6 Å². The van der Waals surface area contributed by atoms with Gasteiger partial charge in [-0.15, -0.1) is 0 Å². The molecule has 0 amide bonds. The minimum Gasteiger partial charge on any atom is -0.478 e. The highest BCUT2D eigenvalue weighted by Crippen LogP contribution is 2.25. The zero-order chi connectivity index (χ0) is 15.6. The van der Waals surface area contributed by atoms with Crippen molar-refractivity contribution in [1.29, 1.82) is 0 Å². The molecule has 0 spiro atoms. The number of halogens is 3. The van der Waals surface area contributed by atoms with Crippen LogP contribution in [0, 0.1) is 11.6 Å². The Morgan fingerprint density at radius 2 is 1.90 bits per heavy atom. The minimum atomic E-state index is -1.14. The van der Waals surface area contributed by atoms with E-state index in [2.05, 4.69) is 5.32 Å². The van der Waals surface area contributed by atoms with E-state index in [0.717, 1.165) is 12.1 Å². The molecule has 2 N–H and O–H groups in total. The van der Waals surface area contributed by atoms with E-state index < -0.39 is 17.6 Å². The lowest BCUT2D eigenvalue weighted by Gasteiger charge is -2.16. The standard InChI is InChI=1S/C15H12ClF2NO2/c1-8(9-2-5-13(17)14(18)6-9)19-10-3-4-12(16)11(7-10)15(20)21/h2-8,19H,1H3,(H,20,21). The van der Waals surface area contributed by atoms with Crippen molar-refractivity contribution < 1.29 is 18.7 Å². The van der Waals surface area contributed by atoms with Gasteiger partial charge in [-0.1, -0.05) is 17.7 Å². The van der Waals surface area contributed by atoms with Gasteiger partial charge >= 0.3 is 5.97 Å². The zero-order valence-corrected chi connectivity index (χ0v) is 11.8. The number of anilines is 1. The topological polar surface area (TPSA) is 49.3 Å². The van der Waals surface area contributed by atoms with Gasteiger partial charge in [0.25, 0.3) is 0 Å². The van der Waals surface area contributed by atoms with E-state index in [1.807, 2.05) is 0 Å². The summed E-state index contributed by atoms with van der Waals surface area (Å²) in [4.78, 5) is 11.0. The van der Waals surface area contributed by atoms with Gasteiger partial charge < -0.3 is 10.4 Å². The number of aromatic carboxylic acids is 1. The first-order valence-electron chi connectivity index (χ1n) is 6.13. The maximum atomic E-state index is 13.2. The van der Waals surface area contributed by atoms with E-state index in [1.54, 1.807) is 13.0 Å². The summed E-state index contributed by atoms with van der Waals surface area (Å²) >= 11 is 5.78. The van der Waals surface area contributed by atoms with Crippen molar-refractivity contribution in [2.75, 3.05) is 5.32 Å². The fourth-order valence-corrected chi connectivity index (χ4v) is 2.09. The molecule has 0 radical (unpaired) electrons. The number of benzene rings is 2. The molecule has 2 rings (SSSR count). The molecule has 110 valence electrons. The summed E-state index contributed by atoms with van der Waals surface area (Å²) in [6.45, 7) is 1.75. The lowest BCUT2D eigenvalue weighted by atomic mass is 10.1. The molecule has 0 aliphatic rings. The van der Waals surface area contributed by atoms with Gasteiger partial charge in [-0.25, -0.2) is 13.6 Å². The minimum absolute atomic E-state index is 0.0286. The lowest BCUT2D eigenvalue weighted by molar-refractivity contribution is 0.0697. The Morgan fingerprint density at radius 1 is 1.19 bits per heavy atom. The van der Waals surface area contributed by atoms with E-state index in [1.165, 1.54) is 18.2 Å². The van der Waals surface area contributed by atoms with Crippen molar-refractivity contribution in [3.8, 4) is 0 Å². The number of carbonyl (C=O) groups is 1. The van der Waals surface area contributed by atoms with Gasteiger partial charge in [0.15, 0.2) is 11.6 Å². The van der Waals surface area contributed by atoms with E-state index >= 15 is 0 Å². The summed E-state index contributed by atoms with van der Waals surface area (Å²) in [5.74, 6) is -2.97. The third-order valence-corrected chi connectivity index (χ3v) is 3.35. The molecule has 2 aromatic carbocycles. The van der Waals surface area contributed by atoms with Crippen molar-refractivity contribution in [3.63, 3.8) is 0 Å². The predicted octanol–water partition coefficient (Wildman–Crippen LogP) is 4.49. The number of hydrogen-bond acceptors (Lipinski definition) is 2. The maximum absolute atomic E-state index is 13.2. The third-order valence-electron chi connectivity index (χ3n) is 3.02. The van der Waals surface area contributed by atoms with E-state index in [9.17, 15) is 13.6 Å². The smallest absolute Gasteiger partial charge is 0.337 e. The fourth-order valence-electron chi connectivity index (χ4n) is 1.89. The first kappa shape index (κ1) is 15.3. The molecule has 0 bridgehead atoms.